The third kappa shape index (κ3) is 5.98. The molecule has 0 radical (unpaired) electrons. The first-order valence-corrected chi connectivity index (χ1v) is 11.7. The third-order valence-electron chi connectivity index (χ3n) is 6.55. The first-order valence-electron chi connectivity index (χ1n) is 11.7. The predicted octanol–water partition coefficient (Wildman–Crippen LogP) is 4.13. The summed E-state index contributed by atoms with van der Waals surface area (Å²) in [6.07, 6.45) is 4.67. The normalized spacial score (nSPS) is 25.0. The van der Waals surface area contributed by atoms with E-state index in [4.69, 9.17) is 14.5 Å². The molecule has 2 N–H and O–H groups in total. The van der Waals surface area contributed by atoms with Crippen LogP contribution in [0.5, 0.6) is 0 Å². The second-order valence-corrected chi connectivity index (χ2v) is 9.89. The Balaban J connectivity index is 1.70. The first-order chi connectivity index (χ1) is 14.4. The van der Waals surface area contributed by atoms with E-state index in [1.807, 2.05) is 0 Å². The van der Waals surface area contributed by atoms with Crippen molar-refractivity contribution >= 4 is 5.96 Å². The van der Waals surface area contributed by atoms with Gasteiger partial charge in [-0.05, 0) is 43.6 Å². The lowest BCUT2D eigenvalue weighted by Crippen LogP contribution is -2.48. The van der Waals surface area contributed by atoms with Crippen LogP contribution in [0.15, 0.2) is 35.3 Å². The summed E-state index contributed by atoms with van der Waals surface area (Å²) in [4.78, 5) is 5.06. The zero-order valence-corrected chi connectivity index (χ0v) is 19.4. The number of hydrogen-bond acceptors (Lipinski definition) is 3. The lowest BCUT2D eigenvalue weighted by Gasteiger charge is -2.40. The van der Waals surface area contributed by atoms with Crippen molar-refractivity contribution in [2.45, 2.75) is 64.9 Å². The van der Waals surface area contributed by atoms with E-state index < -0.39 is 0 Å². The molecule has 5 nitrogen and oxygen atoms in total. The molecule has 2 saturated heterocycles. The van der Waals surface area contributed by atoms with E-state index in [1.165, 1.54) is 12.0 Å². The molecule has 5 heteroatoms. The average Bonchev–Trinajstić information content (AvgIpc) is 2.76. The van der Waals surface area contributed by atoms with Crippen LogP contribution < -0.4 is 10.6 Å². The Morgan fingerprint density at radius 2 is 1.83 bits per heavy atom. The van der Waals surface area contributed by atoms with Gasteiger partial charge in [0.25, 0.3) is 0 Å². The molecule has 1 aromatic carbocycles. The Bertz CT molecular complexity index is 663. The molecular formula is C25H41N3O2. The SMILES string of the molecule is CCNC(=NCC1(c2ccccc2)CCOCC1)NCC1CCCOC1C(C)(C)C. The molecule has 1 aromatic rings. The molecule has 0 spiro atoms. The smallest absolute Gasteiger partial charge is 0.191 e. The van der Waals surface area contributed by atoms with Gasteiger partial charge >= 0.3 is 0 Å². The highest BCUT2D eigenvalue weighted by Crippen LogP contribution is 2.35. The van der Waals surface area contributed by atoms with Crippen molar-refractivity contribution in [1.82, 2.24) is 10.6 Å². The van der Waals surface area contributed by atoms with Crippen molar-refractivity contribution in [2.24, 2.45) is 16.3 Å². The lowest BCUT2D eigenvalue weighted by molar-refractivity contribution is -0.0835. The van der Waals surface area contributed by atoms with E-state index in [-0.39, 0.29) is 16.9 Å². The van der Waals surface area contributed by atoms with Crippen LogP contribution in [-0.4, -0.2) is 51.5 Å². The molecule has 3 rings (SSSR count). The number of nitrogens with zero attached hydrogens (tertiary/aromatic N) is 1. The van der Waals surface area contributed by atoms with Crippen LogP contribution in [-0.2, 0) is 14.9 Å². The van der Waals surface area contributed by atoms with Crippen LogP contribution >= 0.6 is 0 Å². The summed E-state index contributed by atoms with van der Waals surface area (Å²) in [7, 11) is 0. The minimum atomic E-state index is 0.0593. The number of ether oxygens (including phenoxy) is 2. The maximum atomic E-state index is 6.16. The van der Waals surface area contributed by atoms with Crippen LogP contribution in [0.25, 0.3) is 0 Å². The molecule has 2 aliphatic heterocycles. The third-order valence-corrected chi connectivity index (χ3v) is 6.55. The van der Waals surface area contributed by atoms with Crippen molar-refractivity contribution < 1.29 is 9.47 Å². The van der Waals surface area contributed by atoms with Gasteiger partial charge in [-0.2, -0.15) is 0 Å². The van der Waals surface area contributed by atoms with Crippen molar-refractivity contribution in [3.05, 3.63) is 35.9 Å². The van der Waals surface area contributed by atoms with Gasteiger partial charge in [0.05, 0.1) is 12.6 Å². The van der Waals surface area contributed by atoms with E-state index in [0.29, 0.717) is 5.92 Å². The quantitative estimate of drug-likeness (QED) is 0.542. The summed E-state index contributed by atoms with van der Waals surface area (Å²) in [5.74, 6) is 1.42. The summed E-state index contributed by atoms with van der Waals surface area (Å²) in [5.41, 5.74) is 1.59. The zero-order valence-electron chi connectivity index (χ0n) is 19.4. The van der Waals surface area contributed by atoms with Gasteiger partial charge in [0.2, 0.25) is 0 Å². The minimum Gasteiger partial charge on any atom is -0.381 e. The average molecular weight is 416 g/mol. The van der Waals surface area contributed by atoms with Crippen molar-refractivity contribution in [1.29, 1.82) is 0 Å². The molecule has 2 aliphatic rings. The predicted molar refractivity (Wildman–Crippen MR) is 124 cm³/mol. The largest absolute Gasteiger partial charge is 0.381 e. The molecule has 0 bridgehead atoms. The molecule has 2 heterocycles. The van der Waals surface area contributed by atoms with Crippen molar-refractivity contribution in [2.75, 3.05) is 39.5 Å². The minimum absolute atomic E-state index is 0.0593. The molecular weight excluding hydrogens is 374 g/mol. The second kappa shape index (κ2) is 10.6. The van der Waals surface area contributed by atoms with Gasteiger partial charge in [0.1, 0.15) is 0 Å². The zero-order chi connectivity index (χ0) is 21.5. The number of nitrogens with one attached hydrogen (secondary N) is 2. The van der Waals surface area contributed by atoms with E-state index in [0.717, 1.165) is 64.7 Å². The van der Waals surface area contributed by atoms with E-state index in [1.54, 1.807) is 0 Å². The molecule has 2 atom stereocenters. The highest BCUT2D eigenvalue weighted by Gasteiger charge is 2.36. The molecule has 2 unspecified atom stereocenters. The maximum absolute atomic E-state index is 6.16. The van der Waals surface area contributed by atoms with Gasteiger partial charge in [-0.3, -0.25) is 4.99 Å². The summed E-state index contributed by atoms with van der Waals surface area (Å²) >= 11 is 0. The van der Waals surface area contributed by atoms with Gasteiger partial charge < -0.3 is 20.1 Å². The molecule has 30 heavy (non-hydrogen) atoms. The summed E-state index contributed by atoms with van der Waals surface area (Å²) in [6, 6.07) is 10.8. The van der Waals surface area contributed by atoms with Gasteiger partial charge in [-0.25, -0.2) is 0 Å². The fourth-order valence-corrected chi connectivity index (χ4v) is 4.90. The lowest BCUT2D eigenvalue weighted by atomic mass is 9.74. The Hall–Kier alpha value is -1.59. The summed E-state index contributed by atoms with van der Waals surface area (Å²) < 4.78 is 11.8. The van der Waals surface area contributed by atoms with Gasteiger partial charge in [-0.15, -0.1) is 0 Å². The fourth-order valence-electron chi connectivity index (χ4n) is 4.90. The standard InChI is InChI=1S/C25H41N3O2/c1-5-26-23(27-18-20-10-9-15-30-22(20)24(2,3)4)28-19-25(13-16-29-17-14-25)21-11-7-6-8-12-21/h6-8,11-12,20,22H,5,9-10,13-19H2,1-4H3,(H2,26,27,28). The highest BCUT2D eigenvalue weighted by atomic mass is 16.5. The topological polar surface area (TPSA) is 54.9 Å². The van der Waals surface area contributed by atoms with E-state index in [9.17, 15) is 0 Å². The van der Waals surface area contributed by atoms with Gasteiger partial charge in [0.15, 0.2) is 5.96 Å². The Morgan fingerprint density at radius 3 is 2.50 bits per heavy atom. The molecule has 0 amide bonds. The van der Waals surface area contributed by atoms with Crippen LogP contribution in [0.3, 0.4) is 0 Å². The molecule has 0 aromatic heterocycles. The molecule has 0 aliphatic carbocycles. The van der Waals surface area contributed by atoms with Crippen molar-refractivity contribution in [3.8, 4) is 0 Å². The number of guanidine groups is 1. The van der Waals surface area contributed by atoms with E-state index in [2.05, 4.69) is 68.7 Å². The van der Waals surface area contributed by atoms with Crippen molar-refractivity contribution in [3.63, 3.8) is 0 Å². The first kappa shape index (κ1) is 23.1. The Kier molecular flexibility index (Phi) is 8.18. The van der Waals surface area contributed by atoms with E-state index >= 15 is 0 Å². The monoisotopic (exact) mass is 415 g/mol. The highest BCUT2D eigenvalue weighted by molar-refractivity contribution is 5.79. The Morgan fingerprint density at radius 1 is 1.10 bits per heavy atom. The van der Waals surface area contributed by atoms with Crippen LogP contribution in [0.4, 0.5) is 0 Å². The molecule has 168 valence electrons. The number of rotatable bonds is 6. The van der Waals surface area contributed by atoms with Gasteiger partial charge in [0, 0.05) is 44.2 Å². The second-order valence-electron chi connectivity index (χ2n) is 9.89. The number of aliphatic imine (C=N–C) groups is 1. The maximum Gasteiger partial charge on any atom is 0.191 e. The summed E-state index contributed by atoms with van der Waals surface area (Å²) in [5, 5.41) is 7.08. The fraction of sp³-hybridized carbons (Fsp3) is 0.720. The Labute approximate surface area is 183 Å². The van der Waals surface area contributed by atoms with Crippen LogP contribution in [0.2, 0.25) is 0 Å². The summed E-state index contributed by atoms with van der Waals surface area (Å²) in [6.45, 7) is 14.0. The number of benzene rings is 1. The molecule has 0 saturated carbocycles. The van der Waals surface area contributed by atoms with Crippen LogP contribution in [0.1, 0.15) is 58.9 Å². The molecule has 2 fully saturated rings. The number of hydrogen-bond donors (Lipinski definition) is 2. The van der Waals surface area contributed by atoms with Gasteiger partial charge in [-0.1, -0.05) is 51.1 Å². The van der Waals surface area contributed by atoms with Crippen LogP contribution in [0, 0.1) is 11.3 Å².